The summed E-state index contributed by atoms with van der Waals surface area (Å²) >= 11 is 0. The van der Waals surface area contributed by atoms with Crippen LogP contribution in [0.1, 0.15) is 30.9 Å². The molecule has 2 aromatic carbocycles. The summed E-state index contributed by atoms with van der Waals surface area (Å²) in [5.74, 6) is 0.411. The highest BCUT2D eigenvalue weighted by Crippen LogP contribution is 2.22. The van der Waals surface area contributed by atoms with Crippen molar-refractivity contribution in [3.05, 3.63) is 71.6 Å². The second kappa shape index (κ2) is 11.1. The predicted octanol–water partition coefficient (Wildman–Crippen LogP) is 4.93. The lowest BCUT2D eigenvalue weighted by Gasteiger charge is -2.12. The van der Waals surface area contributed by atoms with Crippen LogP contribution in [0, 0.1) is 12.8 Å². The molecule has 0 fully saturated rings. The predicted molar refractivity (Wildman–Crippen MR) is 122 cm³/mol. The van der Waals surface area contributed by atoms with Crippen molar-refractivity contribution in [3.63, 3.8) is 0 Å². The summed E-state index contributed by atoms with van der Waals surface area (Å²) in [5, 5.41) is 13.3. The molecule has 0 aliphatic heterocycles. The Morgan fingerprint density at radius 1 is 1.19 bits per heavy atom. The number of aromatic nitrogens is 1. The molecule has 1 heterocycles. The molecule has 1 atom stereocenters. The number of hydrogen-bond acceptors (Lipinski definition) is 6. The minimum Gasteiger partial charge on any atom is -0.493 e. The van der Waals surface area contributed by atoms with Gasteiger partial charge in [0.05, 0.1) is 23.9 Å². The van der Waals surface area contributed by atoms with Gasteiger partial charge >= 0.3 is 5.97 Å². The van der Waals surface area contributed by atoms with Crippen LogP contribution in [0.4, 0.5) is 0 Å². The molecule has 0 bridgehead atoms. The molecule has 0 saturated heterocycles. The van der Waals surface area contributed by atoms with Crippen LogP contribution in [-0.2, 0) is 22.5 Å². The van der Waals surface area contributed by atoms with Gasteiger partial charge in [-0.25, -0.2) is 4.98 Å². The van der Waals surface area contributed by atoms with Crippen LogP contribution in [0.25, 0.3) is 11.5 Å². The normalized spacial score (nSPS) is 12.4. The molecule has 0 radical (unpaired) electrons. The van der Waals surface area contributed by atoms with E-state index >= 15 is 0 Å². The van der Waals surface area contributed by atoms with Gasteiger partial charge in [0.2, 0.25) is 5.89 Å². The molecule has 7 nitrogen and oxygen atoms in total. The average molecular weight is 437 g/mol. The number of ether oxygens (including phenoxy) is 1. The van der Waals surface area contributed by atoms with Gasteiger partial charge in [-0.15, -0.1) is 0 Å². The Labute approximate surface area is 187 Å². The zero-order valence-electron chi connectivity index (χ0n) is 18.6. The van der Waals surface area contributed by atoms with E-state index in [2.05, 4.69) is 10.1 Å². The highest BCUT2D eigenvalue weighted by atomic mass is 16.6. The van der Waals surface area contributed by atoms with Gasteiger partial charge in [0.25, 0.3) is 0 Å². The molecule has 7 heteroatoms. The highest BCUT2D eigenvalue weighted by molar-refractivity contribution is 6.01. The van der Waals surface area contributed by atoms with Crippen molar-refractivity contribution in [1.82, 2.24) is 4.98 Å². The topological polar surface area (TPSA) is 94.2 Å². The minimum absolute atomic E-state index is 0.369. The number of nitrogens with zero attached hydrogens (tertiary/aromatic N) is 2. The van der Waals surface area contributed by atoms with Crippen molar-refractivity contribution < 1.29 is 23.9 Å². The Hall–Kier alpha value is -3.61. The van der Waals surface area contributed by atoms with E-state index in [0.717, 1.165) is 22.6 Å². The summed E-state index contributed by atoms with van der Waals surface area (Å²) in [7, 11) is 0. The Morgan fingerprint density at radius 3 is 2.69 bits per heavy atom. The van der Waals surface area contributed by atoms with E-state index in [1.165, 1.54) is 0 Å². The van der Waals surface area contributed by atoms with Gasteiger partial charge in [-0.1, -0.05) is 35.5 Å². The molecule has 1 unspecified atom stereocenters. The third-order valence-corrected chi connectivity index (χ3v) is 4.99. The number of aliphatic carboxylic acids is 1. The number of carboxylic acids is 1. The molecule has 1 aromatic heterocycles. The third kappa shape index (κ3) is 6.20. The number of oxazole rings is 1. The van der Waals surface area contributed by atoms with Crippen LogP contribution in [0.2, 0.25) is 0 Å². The van der Waals surface area contributed by atoms with Crippen LogP contribution < -0.4 is 4.74 Å². The zero-order valence-corrected chi connectivity index (χ0v) is 18.6. The van der Waals surface area contributed by atoms with Crippen LogP contribution in [0.3, 0.4) is 0 Å². The van der Waals surface area contributed by atoms with E-state index in [0.29, 0.717) is 43.4 Å². The summed E-state index contributed by atoms with van der Waals surface area (Å²) in [4.78, 5) is 21.1. The van der Waals surface area contributed by atoms with Crippen LogP contribution in [-0.4, -0.2) is 35.0 Å². The summed E-state index contributed by atoms with van der Waals surface area (Å²) in [6.07, 6.45) is 0.979. The fraction of sp³-hybridized carbons (Fsp3) is 0.320. The summed E-state index contributed by atoms with van der Waals surface area (Å²) in [6.45, 7) is 6.13. The number of rotatable bonds is 11. The van der Waals surface area contributed by atoms with Crippen molar-refractivity contribution in [2.75, 3.05) is 13.2 Å². The maximum absolute atomic E-state index is 11.4. The maximum atomic E-state index is 11.4. The molecule has 168 valence electrons. The van der Waals surface area contributed by atoms with Crippen LogP contribution in [0.15, 0.2) is 64.2 Å². The van der Waals surface area contributed by atoms with E-state index in [1.54, 1.807) is 13.8 Å². The van der Waals surface area contributed by atoms with Gasteiger partial charge in [-0.2, -0.15) is 0 Å². The second-order valence-electron chi connectivity index (χ2n) is 7.37. The first kappa shape index (κ1) is 23.1. The molecule has 0 aliphatic rings. The number of hydrogen-bond donors (Lipinski definition) is 1. The van der Waals surface area contributed by atoms with E-state index in [-0.39, 0.29) is 0 Å². The molecule has 32 heavy (non-hydrogen) atoms. The first-order valence-corrected chi connectivity index (χ1v) is 10.6. The lowest BCUT2D eigenvalue weighted by molar-refractivity contribution is -0.138. The number of oxime groups is 1. The Kier molecular flexibility index (Phi) is 8.02. The van der Waals surface area contributed by atoms with Gasteiger partial charge in [0.15, 0.2) is 0 Å². The fourth-order valence-corrected chi connectivity index (χ4v) is 3.14. The summed E-state index contributed by atoms with van der Waals surface area (Å²) in [5.41, 5.74) is 3.17. The largest absolute Gasteiger partial charge is 0.493 e. The molecule has 0 amide bonds. The first-order chi connectivity index (χ1) is 15.5. The van der Waals surface area contributed by atoms with Gasteiger partial charge < -0.3 is 19.1 Å². The quantitative estimate of drug-likeness (QED) is 0.338. The molecular weight excluding hydrogens is 408 g/mol. The molecule has 0 spiro atoms. The van der Waals surface area contributed by atoms with E-state index in [4.69, 9.17) is 14.0 Å². The second-order valence-corrected chi connectivity index (χ2v) is 7.37. The molecule has 3 aromatic rings. The van der Waals surface area contributed by atoms with Crippen LogP contribution >= 0.6 is 0 Å². The summed E-state index contributed by atoms with van der Waals surface area (Å²) in [6, 6.07) is 17.3. The average Bonchev–Trinajstić information content (AvgIpc) is 3.17. The van der Waals surface area contributed by atoms with Gasteiger partial charge in [0, 0.05) is 18.4 Å². The van der Waals surface area contributed by atoms with Gasteiger partial charge in [-0.05, 0) is 50.6 Å². The molecule has 1 N–H and O–H groups in total. The van der Waals surface area contributed by atoms with E-state index in [1.807, 2.05) is 61.5 Å². The SMILES string of the molecule is CCON=C(Cc1cccc(OCCc2nc(-c3ccccc3)oc2C)c1)C(C)C(=O)O. The molecular formula is C25H28N2O5. The van der Waals surface area contributed by atoms with Gasteiger partial charge in [-0.3, -0.25) is 4.79 Å². The van der Waals surface area contributed by atoms with Crippen molar-refractivity contribution in [3.8, 4) is 17.2 Å². The fourth-order valence-electron chi connectivity index (χ4n) is 3.14. The molecule has 0 aliphatic carbocycles. The van der Waals surface area contributed by atoms with Crippen molar-refractivity contribution in [2.24, 2.45) is 11.1 Å². The Bertz CT molecular complexity index is 1060. The van der Waals surface area contributed by atoms with E-state index in [9.17, 15) is 9.90 Å². The number of benzene rings is 2. The zero-order chi connectivity index (χ0) is 22.9. The monoisotopic (exact) mass is 436 g/mol. The molecule has 3 rings (SSSR count). The minimum atomic E-state index is -0.936. The Morgan fingerprint density at radius 2 is 1.97 bits per heavy atom. The lowest BCUT2D eigenvalue weighted by Crippen LogP contribution is -2.23. The smallest absolute Gasteiger partial charge is 0.312 e. The van der Waals surface area contributed by atoms with Crippen LogP contribution in [0.5, 0.6) is 5.75 Å². The third-order valence-electron chi connectivity index (χ3n) is 4.99. The first-order valence-electron chi connectivity index (χ1n) is 10.6. The number of aryl methyl sites for hydroxylation is 1. The Balaban J connectivity index is 1.62. The standard InChI is InChI=1S/C25H28N2O5/c1-4-31-27-23(17(2)25(28)29)16-19-9-8-12-21(15-19)30-14-13-22-18(3)32-24(26-22)20-10-6-5-7-11-20/h5-12,15,17H,4,13-14,16H2,1-3H3,(H,28,29). The van der Waals surface area contributed by atoms with Crippen molar-refractivity contribution in [2.45, 2.75) is 33.6 Å². The van der Waals surface area contributed by atoms with E-state index < -0.39 is 11.9 Å². The lowest BCUT2D eigenvalue weighted by atomic mass is 9.98. The summed E-state index contributed by atoms with van der Waals surface area (Å²) < 4.78 is 11.7. The van der Waals surface area contributed by atoms with Gasteiger partial charge in [0.1, 0.15) is 18.1 Å². The highest BCUT2D eigenvalue weighted by Gasteiger charge is 2.20. The number of carbonyl (C=O) groups is 1. The van der Waals surface area contributed by atoms with Crippen molar-refractivity contribution >= 4 is 11.7 Å². The maximum Gasteiger partial charge on any atom is 0.312 e. The molecule has 0 saturated carbocycles. The van der Waals surface area contributed by atoms with Crippen molar-refractivity contribution in [1.29, 1.82) is 0 Å². The number of carboxylic acid groups (broad SMARTS) is 1.